The van der Waals surface area contributed by atoms with Crippen LogP contribution >= 0.6 is 11.3 Å². The summed E-state index contributed by atoms with van der Waals surface area (Å²) in [5, 5.41) is 2.49. The van der Waals surface area contributed by atoms with Crippen molar-refractivity contribution in [1.29, 1.82) is 0 Å². The zero-order valence-corrected chi connectivity index (χ0v) is 13.5. The summed E-state index contributed by atoms with van der Waals surface area (Å²) in [6.07, 6.45) is 7.98. The number of ether oxygens (including phenoxy) is 1. The number of fused-ring (bicyclic) bond motifs is 1. The van der Waals surface area contributed by atoms with Crippen molar-refractivity contribution in [2.75, 3.05) is 13.2 Å². The number of aromatic nitrogens is 3. The minimum atomic E-state index is 0.00336. The van der Waals surface area contributed by atoms with Crippen molar-refractivity contribution in [1.82, 2.24) is 19.9 Å². The molecular formula is C16H18N4O2S. The number of thiazole rings is 1. The van der Waals surface area contributed by atoms with E-state index in [0.29, 0.717) is 29.7 Å². The summed E-state index contributed by atoms with van der Waals surface area (Å²) in [6, 6.07) is 1.96. The fourth-order valence-corrected chi connectivity index (χ4v) is 4.12. The van der Waals surface area contributed by atoms with Crippen LogP contribution in [0.15, 0.2) is 23.8 Å². The highest BCUT2D eigenvalue weighted by atomic mass is 32.1. The van der Waals surface area contributed by atoms with E-state index < -0.39 is 0 Å². The Labute approximate surface area is 138 Å². The lowest BCUT2D eigenvalue weighted by molar-refractivity contribution is -0.0754. The predicted molar refractivity (Wildman–Crippen MR) is 86.2 cm³/mol. The molecule has 7 heteroatoms. The van der Waals surface area contributed by atoms with E-state index in [-0.39, 0.29) is 18.1 Å². The third kappa shape index (κ3) is 2.86. The van der Waals surface area contributed by atoms with Gasteiger partial charge in [0, 0.05) is 24.3 Å². The molecule has 0 bridgehead atoms. The smallest absolute Gasteiger partial charge is 0.273 e. The highest BCUT2D eigenvalue weighted by Crippen LogP contribution is 2.30. The maximum atomic E-state index is 12.9. The van der Waals surface area contributed by atoms with E-state index in [2.05, 4.69) is 15.0 Å². The van der Waals surface area contributed by atoms with Gasteiger partial charge in [-0.2, -0.15) is 0 Å². The van der Waals surface area contributed by atoms with Gasteiger partial charge in [0.15, 0.2) is 10.8 Å². The van der Waals surface area contributed by atoms with E-state index in [1.165, 1.54) is 17.8 Å². The van der Waals surface area contributed by atoms with Crippen molar-refractivity contribution in [2.24, 2.45) is 0 Å². The third-order valence-electron chi connectivity index (χ3n) is 4.47. The first-order valence-electron chi connectivity index (χ1n) is 7.98. The largest absolute Gasteiger partial charge is 0.374 e. The molecule has 3 heterocycles. The molecule has 4 rings (SSSR count). The van der Waals surface area contributed by atoms with Crippen LogP contribution in [0.25, 0.3) is 10.8 Å². The predicted octanol–water partition coefficient (Wildman–Crippen LogP) is 2.38. The van der Waals surface area contributed by atoms with Crippen molar-refractivity contribution in [3.05, 3.63) is 29.5 Å². The number of morpholine rings is 1. The number of hydrogen-bond donors (Lipinski definition) is 0. The van der Waals surface area contributed by atoms with E-state index in [4.69, 9.17) is 4.74 Å². The van der Waals surface area contributed by atoms with Gasteiger partial charge in [-0.15, -0.1) is 11.3 Å². The molecular weight excluding hydrogens is 312 g/mol. The minimum Gasteiger partial charge on any atom is -0.374 e. The van der Waals surface area contributed by atoms with Gasteiger partial charge >= 0.3 is 0 Å². The molecule has 6 nitrogen and oxygen atoms in total. The number of nitrogens with zero attached hydrogens (tertiary/aromatic N) is 4. The van der Waals surface area contributed by atoms with Crippen LogP contribution in [0.3, 0.4) is 0 Å². The maximum Gasteiger partial charge on any atom is 0.273 e. The molecule has 1 aliphatic heterocycles. The van der Waals surface area contributed by atoms with Gasteiger partial charge in [-0.1, -0.05) is 12.8 Å². The van der Waals surface area contributed by atoms with E-state index in [9.17, 15) is 4.79 Å². The quantitative estimate of drug-likeness (QED) is 0.846. The molecule has 120 valence electrons. The van der Waals surface area contributed by atoms with Crippen LogP contribution in [0.5, 0.6) is 0 Å². The van der Waals surface area contributed by atoms with Gasteiger partial charge in [0.2, 0.25) is 0 Å². The second-order valence-corrected chi connectivity index (χ2v) is 6.73. The molecule has 23 heavy (non-hydrogen) atoms. The average molecular weight is 330 g/mol. The molecule has 0 N–H and O–H groups in total. The topological polar surface area (TPSA) is 68.2 Å². The van der Waals surface area contributed by atoms with Gasteiger partial charge < -0.3 is 9.64 Å². The molecule has 0 radical (unpaired) electrons. The SMILES string of the molecule is O=C(c1csc(-c2ncccn2)n1)N1CCO[C@H]2CCCC[C@@H]21. The van der Waals surface area contributed by atoms with E-state index in [1.54, 1.807) is 23.8 Å². The second-order valence-electron chi connectivity index (χ2n) is 5.87. The zero-order valence-electron chi connectivity index (χ0n) is 12.7. The highest BCUT2D eigenvalue weighted by Gasteiger charge is 2.37. The van der Waals surface area contributed by atoms with E-state index >= 15 is 0 Å². The van der Waals surface area contributed by atoms with Crippen LogP contribution in [0.2, 0.25) is 0 Å². The van der Waals surface area contributed by atoms with Crippen LogP contribution in [0.4, 0.5) is 0 Å². The van der Waals surface area contributed by atoms with E-state index in [0.717, 1.165) is 19.3 Å². The highest BCUT2D eigenvalue weighted by molar-refractivity contribution is 7.13. The number of hydrogen-bond acceptors (Lipinski definition) is 6. The monoisotopic (exact) mass is 330 g/mol. The summed E-state index contributed by atoms with van der Waals surface area (Å²) in [6.45, 7) is 1.26. The molecule has 0 unspecified atom stereocenters. The van der Waals surface area contributed by atoms with Gasteiger partial charge in [0.05, 0.1) is 18.8 Å². The Hall–Kier alpha value is -1.86. The maximum absolute atomic E-state index is 12.9. The summed E-state index contributed by atoms with van der Waals surface area (Å²) in [7, 11) is 0. The molecule has 0 aromatic carbocycles. The molecule has 2 aromatic rings. The van der Waals surface area contributed by atoms with Crippen molar-refractivity contribution < 1.29 is 9.53 Å². The van der Waals surface area contributed by atoms with Crippen molar-refractivity contribution in [3.8, 4) is 10.8 Å². The standard InChI is InChI=1S/C16H18N4O2S/c21-16(20-8-9-22-13-5-2-1-4-12(13)20)11-10-23-15(19-11)14-17-6-3-7-18-14/h3,6-7,10,12-13H,1-2,4-5,8-9H2/t12-,13-/m0/s1. The van der Waals surface area contributed by atoms with Crippen LogP contribution in [-0.4, -0.2) is 51.1 Å². The third-order valence-corrected chi connectivity index (χ3v) is 5.31. The molecule has 1 saturated carbocycles. The summed E-state index contributed by atoms with van der Waals surface area (Å²) in [5.41, 5.74) is 0.490. The van der Waals surface area contributed by atoms with Gasteiger partial charge in [-0.25, -0.2) is 15.0 Å². The molecule has 2 aromatic heterocycles. The normalized spacial score (nSPS) is 24.3. The number of rotatable bonds is 2. The van der Waals surface area contributed by atoms with Crippen LogP contribution in [0, 0.1) is 0 Å². The Bertz CT molecular complexity index is 688. The van der Waals surface area contributed by atoms with E-state index in [1.807, 2.05) is 4.90 Å². The lowest BCUT2D eigenvalue weighted by Crippen LogP contribution is -2.54. The Morgan fingerprint density at radius 1 is 1.26 bits per heavy atom. The Kier molecular flexibility index (Phi) is 4.05. The lowest BCUT2D eigenvalue weighted by Gasteiger charge is -2.43. The lowest BCUT2D eigenvalue weighted by atomic mass is 9.90. The molecule has 0 spiro atoms. The molecule has 2 aliphatic rings. The number of amides is 1. The number of carbonyl (C=O) groups is 1. The van der Waals surface area contributed by atoms with Crippen LogP contribution < -0.4 is 0 Å². The first kappa shape index (κ1) is 14.7. The summed E-state index contributed by atoms with van der Waals surface area (Å²) in [4.78, 5) is 27.7. The second kappa shape index (κ2) is 6.33. The van der Waals surface area contributed by atoms with Crippen molar-refractivity contribution >= 4 is 17.2 Å². The fraction of sp³-hybridized carbons (Fsp3) is 0.500. The first-order valence-corrected chi connectivity index (χ1v) is 8.86. The zero-order chi connectivity index (χ0) is 15.6. The Morgan fingerprint density at radius 2 is 2.09 bits per heavy atom. The van der Waals surface area contributed by atoms with Gasteiger partial charge in [0.1, 0.15) is 5.69 Å². The molecule has 1 amide bonds. The van der Waals surface area contributed by atoms with Crippen molar-refractivity contribution in [3.63, 3.8) is 0 Å². The Morgan fingerprint density at radius 3 is 2.96 bits per heavy atom. The fourth-order valence-electron chi connectivity index (χ4n) is 3.38. The summed E-state index contributed by atoms with van der Waals surface area (Å²) >= 11 is 1.41. The van der Waals surface area contributed by atoms with Crippen LogP contribution in [0.1, 0.15) is 36.2 Å². The minimum absolute atomic E-state index is 0.00336. The molecule has 1 saturated heterocycles. The molecule has 2 atom stereocenters. The van der Waals surface area contributed by atoms with Gasteiger partial charge in [-0.3, -0.25) is 4.79 Å². The number of carbonyl (C=O) groups excluding carboxylic acids is 1. The van der Waals surface area contributed by atoms with Gasteiger partial charge in [-0.05, 0) is 18.9 Å². The van der Waals surface area contributed by atoms with Crippen LogP contribution in [-0.2, 0) is 4.74 Å². The summed E-state index contributed by atoms with van der Waals surface area (Å²) < 4.78 is 5.84. The van der Waals surface area contributed by atoms with Crippen molar-refractivity contribution in [2.45, 2.75) is 37.8 Å². The Balaban J connectivity index is 1.56. The summed E-state index contributed by atoms with van der Waals surface area (Å²) in [5.74, 6) is 0.567. The molecule has 1 aliphatic carbocycles. The molecule has 2 fully saturated rings. The first-order chi connectivity index (χ1) is 11.3. The average Bonchev–Trinajstić information content (AvgIpc) is 3.11. The van der Waals surface area contributed by atoms with Gasteiger partial charge in [0.25, 0.3) is 5.91 Å².